The van der Waals surface area contributed by atoms with Crippen LogP contribution in [-0.2, 0) is 11.3 Å². The largest absolute Gasteiger partial charge is 0.460 e. The molecule has 5 rings (SSSR count). The number of hydrazine groups is 1. The average molecular weight is 457 g/mol. The van der Waals surface area contributed by atoms with Crippen LogP contribution in [0.15, 0.2) is 28.7 Å². The molecule has 1 saturated heterocycles. The minimum atomic E-state index is -0.206. The van der Waals surface area contributed by atoms with Crippen LogP contribution in [0.25, 0.3) is 11.0 Å². The Morgan fingerprint density at radius 1 is 1.16 bits per heavy atom. The molecule has 0 bridgehead atoms. The first-order valence-electron chi connectivity index (χ1n) is 11.5. The van der Waals surface area contributed by atoms with Crippen LogP contribution in [0.1, 0.15) is 65.5 Å². The number of furan rings is 1. The number of amides is 1. The lowest BCUT2D eigenvalue weighted by atomic mass is 9.87. The van der Waals surface area contributed by atoms with E-state index in [0.29, 0.717) is 49.5 Å². The van der Waals surface area contributed by atoms with Crippen molar-refractivity contribution in [2.75, 3.05) is 26.3 Å². The third kappa shape index (κ3) is 4.56. The van der Waals surface area contributed by atoms with E-state index in [1.807, 2.05) is 34.8 Å². The van der Waals surface area contributed by atoms with Crippen LogP contribution in [0.5, 0.6) is 0 Å². The maximum atomic E-state index is 12.7. The van der Waals surface area contributed by atoms with Gasteiger partial charge in [-0.05, 0) is 44.0 Å². The number of ether oxygens (including phenoxy) is 1. The van der Waals surface area contributed by atoms with Crippen molar-refractivity contribution < 1.29 is 13.9 Å². The highest BCUT2D eigenvalue weighted by Gasteiger charge is 2.22. The van der Waals surface area contributed by atoms with Gasteiger partial charge in [-0.3, -0.25) is 14.9 Å². The van der Waals surface area contributed by atoms with Crippen LogP contribution in [0, 0.1) is 6.92 Å². The number of hydrogen-bond donors (Lipinski definition) is 1. The summed E-state index contributed by atoms with van der Waals surface area (Å²) < 4.78 is 13.5. The number of halogens is 1. The van der Waals surface area contributed by atoms with Crippen LogP contribution in [-0.4, -0.2) is 47.0 Å². The second-order valence-corrected chi connectivity index (χ2v) is 9.27. The summed E-state index contributed by atoms with van der Waals surface area (Å²) in [7, 11) is 0. The smallest absolute Gasteiger partial charge is 0.286 e. The third-order valence-electron chi connectivity index (χ3n) is 6.49. The maximum Gasteiger partial charge on any atom is 0.286 e. The Hall–Kier alpha value is -2.35. The lowest BCUT2D eigenvalue weighted by molar-refractivity contribution is 0.0124. The fraction of sp³-hybridized carbons (Fsp3) is 0.500. The van der Waals surface area contributed by atoms with E-state index in [4.69, 9.17) is 20.8 Å². The molecule has 2 aliphatic rings. The summed E-state index contributed by atoms with van der Waals surface area (Å²) in [5, 5.41) is 8.15. The van der Waals surface area contributed by atoms with E-state index in [2.05, 4.69) is 16.6 Å². The topological polar surface area (TPSA) is 72.5 Å². The number of morpholine rings is 1. The Kier molecular flexibility index (Phi) is 6.22. The fourth-order valence-electron chi connectivity index (χ4n) is 4.73. The van der Waals surface area contributed by atoms with Crippen LogP contribution in [0.4, 0.5) is 0 Å². The molecular weight excluding hydrogens is 428 g/mol. The molecule has 2 aromatic heterocycles. The quantitative estimate of drug-likeness (QED) is 0.604. The lowest BCUT2D eigenvalue weighted by Gasteiger charge is -2.26. The number of nitrogens with one attached hydrogen (secondary N) is 1. The molecule has 2 fully saturated rings. The first kappa shape index (κ1) is 21.5. The molecular formula is C24H29ClN4O3. The van der Waals surface area contributed by atoms with E-state index in [-0.39, 0.29) is 5.91 Å². The van der Waals surface area contributed by atoms with Crippen molar-refractivity contribution in [3.8, 4) is 0 Å². The number of aromatic nitrogens is 2. The molecule has 32 heavy (non-hydrogen) atoms. The number of hydrogen-bond acceptors (Lipinski definition) is 5. The Bertz CT molecular complexity index is 1110. The number of rotatable bonds is 5. The average Bonchev–Trinajstić information content (AvgIpc) is 3.39. The molecule has 8 heteroatoms. The number of carbonyl (C=O) groups excluding carboxylic acids is 1. The summed E-state index contributed by atoms with van der Waals surface area (Å²) in [6, 6.07) is 7.87. The second kappa shape index (κ2) is 9.25. The van der Waals surface area contributed by atoms with E-state index < -0.39 is 0 Å². The van der Waals surface area contributed by atoms with Crippen molar-refractivity contribution in [1.82, 2.24) is 20.2 Å². The van der Waals surface area contributed by atoms with Crippen LogP contribution < -0.4 is 5.43 Å². The SMILES string of the molecule is Cc1cc(C(=O)NN2CCOCC2)nn1Cc1cc(Cl)cc2cc(C3CCCCC3)oc12. The van der Waals surface area contributed by atoms with E-state index in [9.17, 15) is 4.79 Å². The molecule has 0 unspecified atom stereocenters. The molecule has 170 valence electrons. The van der Waals surface area contributed by atoms with Gasteiger partial charge in [0.2, 0.25) is 0 Å². The first-order valence-corrected chi connectivity index (χ1v) is 11.8. The minimum Gasteiger partial charge on any atom is -0.460 e. The highest BCUT2D eigenvalue weighted by Crippen LogP contribution is 2.37. The maximum absolute atomic E-state index is 12.7. The Morgan fingerprint density at radius 2 is 1.94 bits per heavy atom. The number of aryl methyl sites for hydroxylation is 1. The molecule has 1 saturated carbocycles. The normalized spacial score (nSPS) is 18.3. The first-order chi connectivity index (χ1) is 15.6. The van der Waals surface area contributed by atoms with Gasteiger partial charge in [0.1, 0.15) is 11.3 Å². The Morgan fingerprint density at radius 3 is 2.72 bits per heavy atom. The summed E-state index contributed by atoms with van der Waals surface area (Å²) in [6.07, 6.45) is 6.20. The van der Waals surface area contributed by atoms with Crippen LogP contribution in [0.2, 0.25) is 5.02 Å². The van der Waals surface area contributed by atoms with Crippen molar-refractivity contribution in [3.63, 3.8) is 0 Å². The van der Waals surface area contributed by atoms with E-state index in [1.165, 1.54) is 32.1 Å². The number of nitrogens with zero attached hydrogens (tertiary/aromatic N) is 3. The predicted molar refractivity (Wildman–Crippen MR) is 123 cm³/mol. The molecule has 0 atom stereocenters. The molecule has 1 N–H and O–H groups in total. The van der Waals surface area contributed by atoms with Gasteiger partial charge in [0.15, 0.2) is 5.69 Å². The zero-order chi connectivity index (χ0) is 22.1. The zero-order valence-corrected chi connectivity index (χ0v) is 19.2. The van der Waals surface area contributed by atoms with Gasteiger partial charge in [0, 0.05) is 40.7 Å². The molecule has 1 amide bonds. The number of carbonyl (C=O) groups is 1. The predicted octanol–water partition coefficient (Wildman–Crippen LogP) is 4.66. The van der Waals surface area contributed by atoms with Gasteiger partial charge in [0.25, 0.3) is 5.91 Å². The number of benzene rings is 1. The molecule has 1 aliphatic heterocycles. The molecule has 7 nitrogen and oxygen atoms in total. The highest BCUT2D eigenvalue weighted by molar-refractivity contribution is 6.31. The standard InChI is InChI=1S/C24H29ClN4O3/c1-16-11-21(24(30)27-28-7-9-31-10-8-28)26-29(16)15-19-13-20(25)12-18-14-22(32-23(18)19)17-5-3-2-4-6-17/h11-14,17H,2-10,15H2,1H3,(H,27,30). The fourth-order valence-corrected chi connectivity index (χ4v) is 4.98. The van der Waals surface area contributed by atoms with Gasteiger partial charge in [0.05, 0.1) is 19.8 Å². The summed E-state index contributed by atoms with van der Waals surface area (Å²) >= 11 is 6.44. The number of fused-ring (bicyclic) bond motifs is 1. The van der Waals surface area contributed by atoms with Crippen molar-refractivity contribution in [3.05, 3.63) is 52.0 Å². The zero-order valence-electron chi connectivity index (χ0n) is 18.4. The minimum absolute atomic E-state index is 0.206. The summed E-state index contributed by atoms with van der Waals surface area (Å²) in [6.45, 7) is 5.03. The monoisotopic (exact) mass is 456 g/mol. The Labute approximate surface area is 192 Å². The van der Waals surface area contributed by atoms with Crippen LogP contribution in [0.3, 0.4) is 0 Å². The van der Waals surface area contributed by atoms with Gasteiger partial charge in [-0.15, -0.1) is 0 Å². The summed E-state index contributed by atoms with van der Waals surface area (Å²) in [4.78, 5) is 12.7. The summed E-state index contributed by atoms with van der Waals surface area (Å²) in [5.74, 6) is 1.35. The van der Waals surface area contributed by atoms with Gasteiger partial charge in [-0.25, -0.2) is 5.01 Å². The van der Waals surface area contributed by atoms with Crippen molar-refractivity contribution in [1.29, 1.82) is 0 Å². The summed E-state index contributed by atoms with van der Waals surface area (Å²) in [5.41, 5.74) is 6.06. The molecule has 1 aliphatic carbocycles. The molecule has 3 aromatic rings. The van der Waals surface area contributed by atoms with Gasteiger partial charge in [-0.1, -0.05) is 30.9 Å². The second-order valence-electron chi connectivity index (χ2n) is 8.84. The molecule has 3 heterocycles. The Balaban J connectivity index is 1.38. The van der Waals surface area contributed by atoms with E-state index in [1.54, 1.807) is 0 Å². The highest BCUT2D eigenvalue weighted by atomic mass is 35.5. The van der Waals surface area contributed by atoms with Gasteiger partial charge < -0.3 is 9.15 Å². The third-order valence-corrected chi connectivity index (χ3v) is 6.71. The van der Waals surface area contributed by atoms with Crippen molar-refractivity contribution >= 4 is 28.5 Å². The molecule has 0 radical (unpaired) electrons. The van der Waals surface area contributed by atoms with Crippen molar-refractivity contribution in [2.45, 2.75) is 51.5 Å². The van der Waals surface area contributed by atoms with Gasteiger partial charge in [-0.2, -0.15) is 5.10 Å². The molecule has 0 spiro atoms. The van der Waals surface area contributed by atoms with Crippen molar-refractivity contribution in [2.24, 2.45) is 0 Å². The van der Waals surface area contributed by atoms with E-state index in [0.717, 1.165) is 28.0 Å². The van der Waals surface area contributed by atoms with E-state index >= 15 is 0 Å². The van der Waals surface area contributed by atoms with Crippen LogP contribution >= 0.6 is 11.6 Å². The molecule has 1 aromatic carbocycles. The lowest BCUT2D eigenvalue weighted by Crippen LogP contribution is -2.48. The van der Waals surface area contributed by atoms with Gasteiger partial charge >= 0.3 is 0 Å².